The van der Waals surface area contributed by atoms with Gasteiger partial charge in [-0.05, 0) is 19.1 Å². The van der Waals surface area contributed by atoms with Crippen LogP contribution in [0.25, 0.3) is 0 Å². The highest BCUT2D eigenvalue weighted by atomic mass is 35.5. The predicted molar refractivity (Wildman–Crippen MR) is 65.3 cm³/mol. The molecule has 0 saturated heterocycles. The lowest BCUT2D eigenvalue weighted by Crippen LogP contribution is -2.21. The summed E-state index contributed by atoms with van der Waals surface area (Å²) in [6.45, 7) is 2.01. The van der Waals surface area contributed by atoms with Gasteiger partial charge in [-0.2, -0.15) is 0 Å². The van der Waals surface area contributed by atoms with E-state index >= 15 is 0 Å². The van der Waals surface area contributed by atoms with Crippen molar-refractivity contribution in [2.24, 2.45) is 0 Å². The molecule has 0 amide bonds. The second kappa shape index (κ2) is 3.26. The molecule has 1 aliphatic rings. The predicted octanol–water partition coefficient (Wildman–Crippen LogP) is 4.29. The number of para-hydroxylation sites is 2. The topological polar surface area (TPSA) is 9.23 Å². The number of ether oxygens (including phenoxy) is 1. The van der Waals surface area contributed by atoms with Crippen molar-refractivity contribution in [3.05, 3.63) is 59.7 Å². The second-order valence-corrected chi connectivity index (χ2v) is 4.85. The maximum atomic E-state index is 6.65. The molecule has 2 heteroatoms. The second-order valence-electron chi connectivity index (χ2n) is 4.10. The molecule has 0 unspecified atom stereocenters. The maximum absolute atomic E-state index is 6.65. The molecule has 0 saturated carbocycles. The number of hydrogen-bond donors (Lipinski definition) is 0. The summed E-state index contributed by atoms with van der Waals surface area (Å²) in [5.74, 6) is 1.69. The lowest BCUT2D eigenvalue weighted by Gasteiger charge is -2.32. The van der Waals surface area contributed by atoms with Gasteiger partial charge in [0.1, 0.15) is 11.5 Å². The van der Waals surface area contributed by atoms with Crippen LogP contribution in [0.15, 0.2) is 48.5 Å². The van der Waals surface area contributed by atoms with Crippen molar-refractivity contribution in [3.63, 3.8) is 0 Å². The third-order valence-corrected chi connectivity index (χ3v) is 3.41. The molecule has 0 aliphatic carbocycles. The van der Waals surface area contributed by atoms with Crippen LogP contribution in [0.3, 0.4) is 0 Å². The molecule has 0 aromatic heterocycles. The standard InChI is InChI=1S/C14H11ClO/c1-14(15)10-6-2-4-8-12(10)16-13-9-5-3-7-11(13)14/h2-9H,1H3. The quantitative estimate of drug-likeness (QED) is 0.614. The Balaban J connectivity index is 2.28. The van der Waals surface area contributed by atoms with Crippen LogP contribution in [-0.4, -0.2) is 0 Å². The first-order valence-electron chi connectivity index (χ1n) is 5.25. The van der Waals surface area contributed by atoms with Gasteiger partial charge in [0.2, 0.25) is 0 Å². The normalized spacial score (nSPS) is 15.9. The zero-order valence-corrected chi connectivity index (χ0v) is 9.66. The molecule has 0 atom stereocenters. The van der Waals surface area contributed by atoms with Gasteiger partial charge in [0.05, 0.1) is 4.87 Å². The maximum Gasteiger partial charge on any atom is 0.132 e. The van der Waals surface area contributed by atoms with Gasteiger partial charge in [-0.1, -0.05) is 36.4 Å². The van der Waals surface area contributed by atoms with Crippen molar-refractivity contribution in [1.82, 2.24) is 0 Å². The van der Waals surface area contributed by atoms with E-state index in [1.807, 2.05) is 55.5 Å². The molecule has 0 radical (unpaired) electrons. The van der Waals surface area contributed by atoms with Gasteiger partial charge in [0.25, 0.3) is 0 Å². The van der Waals surface area contributed by atoms with Crippen LogP contribution in [0.4, 0.5) is 0 Å². The van der Waals surface area contributed by atoms with E-state index < -0.39 is 4.87 Å². The number of fused-ring (bicyclic) bond motifs is 2. The molecule has 2 aromatic carbocycles. The van der Waals surface area contributed by atoms with Crippen molar-refractivity contribution in [1.29, 1.82) is 0 Å². The molecular weight excluding hydrogens is 220 g/mol. The fourth-order valence-corrected chi connectivity index (χ4v) is 2.46. The fraction of sp³-hybridized carbons (Fsp3) is 0.143. The average molecular weight is 231 g/mol. The van der Waals surface area contributed by atoms with E-state index in [4.69, 9.17) is 16.3 Å². The Morgan fingerprint density at radius 3 is 1.81 bits per heavy atom. The molecule has 0 bridgehead atoms. The molecule has 0 spiro atoms. The highest BCUT2D eigenvalue weighted by Gasteiger charge is 2.35. The highest BCUT2D eigenvalue weighted by Crippen LogP contribution is 2.49. The zero-order chi connectivity index (χ0) is 11.2. The Kier molecular flexibility index (Phi) is 1.98. The van der Waals surface area contributed by atoms with E-state index in [9.17, 15) is 0 Å². The number of rotatable bonds is 0. The van der Waals surface area contributed by atoms with E-state index in [0.717, 1.165) is 22.6 Å². The molecule has 2 aromatic rings. The lowest BCUT2D eigenvalue weighted by atomic mass is 9.89. The van der Waals surface area contributed by atoms with Crippen LogP contribution >= 0.6 is 11.6 Å². The molecule has 1 heterocycles. The van der Waals surface area contributed by atoms with Crippen molar-refractivity contribution in [2.75, 3.05) is 0 Å². The molecular formula is C14H11ClO. The van der Waals surface area contributed by atoms with E-state index in [-0.39, 0.29) is 0 Å². The summed E-state index contributed by atoms with van der Waals surface area (Å²) in [7, 11) is 0. The Morgan fingerprint density at radius 2 is 1.31 bits per heavy atom. The molecule has 0 fully saturated rings. The Morgan fingerprint density at radius 1 is 0.875 bits per heavy atom. The summed E-state index contributed by atoms with van der Waals surface area (Å²) in [4.78, 5) is -0.508. The first kappa shape index (κ1) is 9.73. The van der Waals surface area contributed by atoms with Crippen molar-refractivity contribution in [3.8, 4) is 11.5 Å². The van der Waals surface area contributed by atoms with Crippen LogP contribution in [0.5, 0.6) is 11.5 Å². The molecule has 0 N–H and O–H groups in total. The Hall–Kier alpha value is -1.47. The summed E-state index contributed by atoms with van der Waals surface area (Å²) in [5, 5.41) is 0. The SMILES string of the molecule is CC1(Cl)c2ccccc2Oc2ccccc21. The third-order valence-electron chi connectivity index (χ3n) is 3.01. The number of benzene rings is 2. The van der Waals surface area contributed by atoms with E-state index in [0.29, 0.717) is 0 Å². The van der Waals surface area contributed by atoms with Crippen LogP contribution in [0, 0.1) is 0 Å². The molecule has 16 heavy (non-hydrogen) atoms. The van der Waals surface area contributed by atoms with Gasteiger partial charge >= 0.3 is 0 Å². The van der Waals surface area contributed by atoms with Crippen LogP contribution in [0.2, 0.25) is 0 Å². The molecule has 1 nitrogen and oxygen atoms in total. The van der Waals surface area contributed by atoms with Gasteiger partial charge in [-0.25, -0.2) is 0 Å². The Bertz CT molecular complexity index is 498. The van der Waals surface area contributed by atoms with Gasteiger partial charge in [-0.15, -0.1) is 11.6 Å². The summed E-state index contributed by atoms with van der Waals surface area (Å²) in [5.41, 5.74) is 2.05. The minimum atomic E-state index is -0.508. The number of halogens is 1. The minimum Gasteiger partial charge on any atom is -0.457 e. The van der Waals surface area contributed by atoms with Crippen LogP contribution in [0.1, 0.15) is 18.1 Å². The zero-order valence-electron chi connectivity index (χ0n) is 8.91. The van der Waals surface area contributed by atoms with E-state index in [2.05, 4.69) is 0 Å². The van der Waals surface area contributed by atoms with Crippen LogP contribution < -0.4 is 4.74 Å². The minimum absolute atomic E-state index is 0.508. The summed E-state index contributed by atoms with van der Waals surface area (Å²) >= 11 is 6.65. The molecule has 1 aliphatic heterocycles. The van der Waals surface area contributed by atoms with Crippen LogP contribution in [-0.2, 0) is 4.87 Å². The average Bonchev–Trinajstić information content (AvgIpc) is 2.29. The van der Waals surface area contributed by atoms with E-state index in [1.54, 1.807) is 0 Å². The van der Waals surface area contributed by atoms with Gasteiger partial charge in [-0.3, -0.25) is 0 Å². The molecule has 80 valence electrons. The lowest BCUT2D eigenvalue weighted by molar-refractivity contribution is 0.441. The van der Waals surface area contributed by atoms with Gasteiger partial charge in [0.15, 0.2) is 0 Å². The van der Waals surface area contributed by atoms with Crippen molar-refractivity contribution < 1.29 is 4.74 Å². The number of alkyl halides is 1. The summed E-state index contributed by atoms with van der Waals surface area (Å²) in [6.07, 6.45) is 0. The van der Waals surface area contributed by atoms with Crippen molar-refractivity contribution >= 4 is 11.6 Å². The Labute approximate surface area is 99.6 Å². The van der Waals surface area contributed by atoms with E-state index in [1.165, 1.54) is 0 Å². The van der Waals surface area contributed by atoms with Crippen molar-refractivity contribution in [2.45, 2.75) is 11.8 Å². The fourth-order valence-electron chi connectivity index (χ4n) is 2.15. The van der Waals surface area contributed by atoms with Gasteiger partial charge in [0, 0.05) is 11.1 Å². The third kappa shape index (κ3) is 1.25. The molecule has 3 rings (SSSR count). The number of hydrogen-bond acceptors (Lipinski definition) is 1. The van der Waals surface area contributed by atoms with Gasteiger partial charge < -0.3 is 4.74 Å². The summed E-state index contributed by atoms with van der Waals surface area (Å²) < 4.78 is 5.83. The highest BCUT2D eigenvalue weighted by molar-refractivity contribution is 6.26. The largest absolute Gasteiger partial charge is 0.457 e. The summed E-state index contributed by atoms with van der Waals surface area (Å²) in [6, 6.07) is 15.8. The first-order valence-corrected chi connectivity index (χ1v) is 5.63. The first-order chi connectivity index (χ1) is 7.69. The monoisotopic (exact) mass is 230 g/mol. The smallest absolute Gasteiger partial charge is 0.132 e.